The van der Waals surface area contributed by atoms with E-state index in [0.29, 0.717) is 23.1 Å². The summed E-state index contributed by atoms with van der Waals surface area (Å²) in [5.41, 5.74) is 0.309. The number of nitriles is 1. The second-order valence-electron chi connectivity index (χ2n) is 3.23. The van der Waals surface area contributed by atoms with Crippen LogP contribution < -0.4 is 5.32 Å². The van der Waals surface area contributed by atoms with Crippen LogP contribution in [0.5, 0.6) is 0 Å². The van der Waals surface area contributed by atoms with Crippen molar-refractivity contribution in [3.8, 4) is 17.7 Å². The first-order valence-corrected chi connectivity index (χ1v) is 4.76. The molecule has 0 fully saturated rings. The smallest absolute Gasteiger partial charge is 0.198 e. The Labute approximate surface area is 92.8 Å². The first-order chi connectivity index (χ1) is 7.72. The van der Waals surface area contributed by atoms with Crippen molar-refractivity contribution in [3.05, 3.63) is 29.7 Å². The summed E-state index contributed by atoms with van der Waals surface area (Å²) < 4.78 is 5.41. The van der Waals surface area contributed by atoms with E-state index < -0.39 is 0 Å². The van der Waals surface area contributed by atoms with Crippen molar-refractivity contribution in [2.24, 2.45) is 0 Å². The van der Waals surface area contributed by atoms with Gasteiger partial charge in [0.2, 0.25) is 0 Å². The second kappa shape index (κ2) is 4.03. The zero-order chi connectivity index (χ0) is 11.5. The lowest BCUT2D eigenvalue weighted by atomic mass is 10.3. The number of nitrogens with zero attached hydrogens (tertiary/aromatic N) is 3. The van der Waals surface area contributed by atoms with Gasteiger partial charge in [0.05, 0.1) is 0 Å². The lowest BCUT2D eigenvalue weighted by molar-refractivity contribution is 0.544. The molecule has 0 saturated heterocycles. The molecule has 0 aromatic carbocycles. The average molecular weight is 214 g/mol. The molecule has 5 heteroatoms. The van der Waals surface area contributed by atoms with Crippen LogP contribution in [0.3, 0.4) is 0 Å². The van der Waals surface area contributed by atoms with Gasteiger partial charge in [0.25, 0.3) is 0 Å². The molecule has 16 heavy (non-hydrogen) atoms. The number of nitrogens with one attached hydrogen (secondary N) is 1. The minimum atomic E-state index is 0.309. The normalized spacial score (nSPS) is 9.81. The molecule has 0 radical (unpaired) electrons. The minimum Gasteiger partial charge on any atom is -0.458 e. The van der Waals surface area contributed by atoms with Crippen molar-refractivity contribution < 1.29 is 4.42 Å². The van der Waals surface area contributed by atoms with Gasteiger partial charge in [0.1, 0.15) is 23.3 Å². The summed E-state index contributed by atoms with van der Waals surface area (Å²) in [6, 6.07) is 7.18. The maximum atomic E-state index is 8.84. The summed E-state index contributed by atoms with van der Waals surface area (Å²) in [5, 5.41) is 11.7. The van der Waals surface area contributed by atoms with Crippen molar-refractivity contribution in [3.63, 3.8) is 0 Å². The fourth-order valence-electron chi connectivity index (χ4n) is 1.30. The number of aromatic nitrogens is 2. The highest BCUT2D eigenvalue weighted by Crippen LogP contribution is 2.19. The van der Waals surface area contributed by atoms with Gasteiger partial charge < -0.3 is 9.73 Å². The monoisotopic (exact) mass is 214 g/mol. The Morgan fingerprint density at radius 1 is 1.38 bits per heavy atom. The largest absolute Gasteiger partial charge is 0.458 e. The Morgan fingerprint density at radius 3 is 2.75 bits per heavy atom. The standard InChI is InChI=1S/C11H10N4O/c1-7-3-4-9(16-7)11-14-8(6-12)5-10(13-2)15-11/h3-5H,1-2H3,(H,13,14,15). The van der Waals surface area contributed by atoms with E-state index in [0.717, 1.165) is 5.76 Å². The van der Waals surface area contributed by atoms with Gasteiger partial charge in [-0.2, -0.15) is 5.26 Å². The predicted molar refractivity (Wildman–Crippen MR) is 58.7 cm³/mol. The molecule has 2 rings (SSSR count). The molecule has 0 saturated carbocycles. The number of furan rings is 1. The van der Waals surface area contributed by atoms with E-state index in [1.165, 1.54) is 0 Å². The van der Waals surface area contributed by atoms with Crippen LogP contribution in [-0.2, 0) is 0 Å². The van der Waals surface area contributed by atoms with Crippen LogP contribution in [0.25, 0.3) is 11.6 Å². The highest BCUT2D eigenvalue weighted by molar-refractivity contribution is 5.53. The quantitative estimate of drug-likeness (QED) is 0.827. The predicted octanol–water partition coefficient (Wildman–Crippen LogP) is 1.96. The van der Waals surface area contributed by atoms with E-state index in [-0.39, 0.29) is 0 Å². The number of rotatable bonds is 2. The van der Waals surface area contributed by atoms with Gasteiger partial charge in [-0.05, 0) is 19.1 Å². The molecule has 5 nitrogen and oxygen atoms in total. The third-order valence-corrected chi connectivity index (χ3v) is 2.06. The molecule has 2 aromatic heterocycles. The van der Waals surface area contributed by atoms with Crippen LogP contribution in [0.2, 0.25) is 0 Å². The van der Waals surface area contributed by atoms with Gasteiger partial charge in [-0.15, -0.1) is 0 Å². The second-order valence-corrected chi connectivity index (χ2v) is 3.23. The van der Waals surface area contributed by atoms with Crippen molar-refractivity contribution in [1.29, 1.82) is 5.26 Å². The van der Waals surface area contributed by atoms with Gasteiger partial charge in [-0.3, -0.25) is 0 Å². The Balaban J connectivity index is 2.52. The van der Waals surface area contributed by atoms with E-state index in [2.05, 4.69) is 15.3 Å². The first kappa shape index (κ1) is 10.2. The Kier molecular flexibility index (Phi) is 2.56. The summed E-state index contributed by atoms with van der Waals surface area (Å²) >= 11 is 0. The topological polar surface area (TPSA) is 74.7 Å². The van der Waals surface area contributed by atoms with Crippen LogP contribution in [0, 0.1) is 18.3 Å². The van der Waals surface area contributed by atoms with Crippen LogP contribution in [0.1, 0.15) is 11.5 Å². The lowest BCUT2D eigenvalue weighted by Gasteiger charge is -2.01. The van der Waals surface area contributed by atoms with Gasteiger partial charge in [-0.1, -0.05) is 0 Å². The van der Waals surface area contributed by atoms with Gasteiger partial charge in [-0.25, -0.2) is 9.97 Å². The van der Waals surface area contributed by atoms with Crippen LogP contribution >= 0.6 is 0 Å². The maximum Gasteiger partial charge on any atom is 0.198 e. The molecule has 0 aliphatic rings. The lowest BCUT2D eigenvalue weighted by Crippen LogP contribution is -1.98. The Morgan fingerprint density at radius 2 is 2.19 bits per heavy atom. The molecule has 0 bridgehead atoms. The average Bonchev–Trinajstić information content (AvgIpc) is 2.75. The molecule has 1 N–H and O–H groups in total. The van der Waals surface area contributed by atoms with Crippen molar-refractivity contribution in [1.82, 2.24) is 9.97 Å². The molecule has 80 valence electrons. The molecule has 0 amide bonds. The van der Waals surface area contributed by atoms with Crippen molar-refractivity contribution >= 4 is 5.82 Å². The van der Waals surface area contributed by atoms with E-state index >= 15 is 0 Å². The summed E-state index contributed by atoms with van der Waals surface area (Å²) in [6.45, 7) is 1.84. The number of hydrogen-bond donors (Lipinski definition) is 1. The summed E-state index contributed by atoms with van der Waals surface area (Å²) in [5.74, 6) is 2.35. The van der Waals surface area contributed by atoms with Crippen molar-refractivity contribution in [2.45, 2.75) is 6.92 Å². The maximum absolute atomic E-state index is 8.84. The highest BCUT2D eigenvalue weighted by Gasteiger charge is 2.09. The Bertz CT molecular complexity index is 553. The summed E-state index contributed by atoms with van der Waals surface area (Å²) in [7, 11) is 1.74. The Hall–Kier alpha value is -2.35. The van der Waals surface area contributed by atoms with E-state index in [9.17, 15) is 0 Å². The van der Waals surface area contributed by atoms with Crippen LogP contribution in [-0.4, -0.2) is 17.0 Å². The zero-order valence-corrected chi connectivity index (χ0v) is 8.98. The fraction of sp³-hybridized carbons (Fsp3) is 0.182. The summed E-state index contributed by atoms with van der Waals surface area (Å²) in [6.07, 6.45) is 0. The van der Waals surface area contributed by atoms with Crippen molar-refractivity contribution in [2.75, 3.05) is 12.4 Å². The van der Waals surface area contributed by atoms with Gasteiger partial charge in [0.15, 0.2) is 11.6 Å². The molecule has 2 heterocycles. The SMILES string of the molecule is CNc1cc(C#N)nc(-c2ccc(C)o2)n1. The molecular weight excluding hydrogens is 204 g/mol. The summed E-state index contributed by atoms with van der Waals surface area (Å²) in [4.78, 5) is 8.29. The molecule has 0 unspecified atom stereocenters. The molecule has 0 spiro atoms. The van der Waals surface area contributed by atoms with Crippen LogP contribution in [0.15, 0.2) is 22.6 Å². The zero-order valence-electron chi connectivity index (χ0n) is 8.98. The molecule has 2 aromatic rings. The van der Waals surface area contributed by atoms with Gasteiger partial charge in [0, 0.05) is 13.1 Å². The van der Waals surface area contributed by atoms with E-state index in [1.807, 2.05) is 19.1 Å². The molecule has 0 aliphatic heterocycles. The number of anilines is 1. The highest BCUT2D eigenvalue weighted by atomic mass is 16.3. The number of aryl methyl sites for hydroxylation is 1. The van der Waals surface area contributed by atoms with Crippen LogP contribution in [0.4, 0.5) is 5.82 Å². The van der Waals surface area contributed by atoms with E-state index in [4.69, 9.17) is 9.68 Å². The molecular formula is C11H10N4O. The fourth-order valence-corrected chi connectivity index (χ4v) is 1.30. The first-order valence-electron chi connectivity index (χ1n) is 4.76. The molecule has 0 aliphatic carbocycles. The van der Waals surface area contributed by atoms with Gasteiger partial charge >= 0.3 is 0 Å². The third kappa shape index (κ3) is 1.86. The minimum absolute atomic E-state index is 0.309. The number of hydrogen-bond acceptors (Lipinski definition) is 5. The molecule has 0 atom stereocenters. The van der Waals surface area contributed by atoms with E-state index in [1.54, 1.807) is 19.2 Å². The third-order valence-electron chi connectivity index (χ3n) is 2.06.